The minimum atomic E-state index is -0.360. The number of fused-ring (bicyclic) bond motifs is 3. The number of aromatic nitrogens is 5. The molecule has 0 aliphatic carbocycles. The number of rotatable bonds is 5. The molecule has 162 valence electrons. The van der Waals surface area contributed by atoms with Crippen LogP contribution >= 0.6 is 0 Å². The van der Waals surface area contributed by atoms with Gasteiger partial charge in [-0.2, -0.15) is 4.98 Å². The lowest BCUT2D eigenvalue weighted by Gasteiger charge is -2.10. The summed E-state index contributed by atoms with van der Waals surface area (Å²) in [4.78, 5) is 30.8. The third-order valence-electron chi connectivity index (χ3n) is 5.68. The third-order valence-corrected chi connectivity index (χ3v) is 5.68. The summed E-state index contributed by atoms with van der Waals surface area (Å²) in [7, 11) is 3.27. The van der Waals surface area contributed by atoms with Crippen LogP contribution in [0.25, 0.3) is 33.9 Å². The van der Waals surface area contributed by atoms with Gasteiger partial charge in [-0.3, -0.25) is 22.9 Å². The van der Waals surface area contributed by atoms with E-state index in [9.17, 15) is 9.59 Å². The summed E-state index contributed by atoms with van der Waals surface area (Å²) in [5.74, 6) is 1.26. The van der Waals surface area contributed by atoms with Gasteiger partial charge in [0.1, 0.15) is 5.75 Å². The molecule has 8 heteroatoms. The van der Waals surface area contributed by atoms with Gasteiger partial charge in [0.15, 0.2) is 11.2 Å². The molecule has 0 saturated heterocycles. The lowest BCUT2D eigenvalue weighted by atomic mass is 10.1. The van der Waals surface area contributed by atoms with E-state index in [2.05, 4.69) is 0 Å². The first-order valence-electron chi connectivity index (χ1n) is 10.5. The fourth-order valence-corrected chi connectivity index (χ4v) is 4.13. The van der Waals surface area contributed by atoms with E-state index < -0.39 is 0 Å². The largest absolute Gasteiger partial charge is 0.497 e. The van der Waals surface area contributed by atoms with E-state index in [1.165, 1.54) is 9.13 Å². The molecule has 8 nitrogen and oxygen atoms in total. The van der Waals surface area contributed by atoms with E-state index in [-0.39, 0.29) is 11.2 Å². The zero-order valence-electron chi connectivity index (χ0n) is 18.1. The van der Waals surface area contributed by atoms with Gasteiger partial charge in [0, 0.05) is 31.4 Å². The van der Waals surface area contributed by atoms with Crippen molar-refractivity contribution in [2.24, 2.45) is 7.05 Å². The van der Waals surface area contributed by atoms with Gasteiger partial charge in [0.25, 0.3) is 5.56 Å². The Morgan fingerprint density at radius 1 is 1.03 bits per heavy atom. The van der Waals surface area contributed by atoms with Crippen molar-refractivity contribution >= 4 is 16.9 Å². The van der Waals surface area contributed by atoms with E-state index in [0.717, 1.165) is 16.9 Å². The normalized spacial score (nSPS) is 11.5. The highest BCUT2D eigenvalue weighted by Crippen LogP contribution is 2.30. The van der Waals surface area contributed by atoms with Crippen molar-refractivity contribution in [1.29, 1.82) is 0 Å². The maximum atomic E-state index is 13.3. The Labute approximate surface area is 183 Å². The van der Waals surface area contributed by atoms with Gasteiger partial charge in [-0.15, -0.1) is 0 Å². The summed E-state index contributed by atoms with van der Waals surface area (Å²) in [6.07, 6.45) is 2.59. The van der Waals surface area contributed by atoms with Crippen LogP contribution in [0.4, 0.5) is 0 Å². The highest BCUT2D eigenvalue weighted by molar-refractivity contribution is 5.79. The van der Waals surface area contributed by atoms with Gasteiger partial charge < -0.3 is 4.74 Å². The lowest BCUT2D eigenvalue weighted by Crippen LogP contribution is -2.39. The van der Waals surface area contributed by atoms with E-state index in [1.807, 2.05) is 72.3 Å². The Bertz CT molecular complexity index is 1570. The standard InChI is InChI=1S/C24H23N5O3/c1-4-13-27-22(30)20-21(26(2)24(27)31)25-23-28(20)15-19(16-9-6-5-7-10-16)29(23)17-11-8-12-18(14-17)32-3/h5-12,14-15H,4,13H2,1-3H3. The minimum absolute atomic E-state index is 0.333. The van der Waals surface area contributed by atoms with Crippen molar-refractivity contribution < 1.29 is 4.74 Å². The Hall–Kier alpha value is -4.07. The van der Waals surface area contributed by atoms with Crippen molar-refractivity contribution in [3.05, 3.63) is 81.6 Å². The summed E-state index contributed by atoms with van der Waals surface area (Å²) < 4.78 is 11.9. The molecule has 0 fully saturated rings. The predicted molar refractivity (Wildman–Crippen MR) is 124 cm³/mol. The summed E-state index contributed by atoms with van der Waals surface area (Å²) >= 11 is 0. The summed E-state index contributed by atoms with van der Waals surface area (Å²) in [6.45, 7) is 2.30. The molecule has 0 spiro atoms. The number of hydrogen-bond donors (Lipinski definition) is 0. The number of benzene rings is 2. The molecule has 0 aliphatic rings. The summed E-state index contributed by atoms with van der Waals surface area (Å²) in [5.41, 5.74) is 2.74. The van der Waals surface area contributed by atoms with Crippen molar-refractivity contribution in [3.8, 4) is 22.7 Å². The highest BCUT2D eigenvalue weighted by Gasteiger charge is 2.22. The van der Waals surface area contributed by atoms with Crippen LogP contribution in [0.2, 0.25) is 0 Å². The van der Waals surface area contributed by atoms with Gasteiger partial charge in [-0.05, 0) is 18.6 Å². The van der Waals surface area contributed by atoms with E-state index in [0.29, 0.717) is 35.7 Å². The predicted octanol–water partition coefficient (Wildman–Crippen LogP) is 3.22. The molecule has 0 N–H and O–H groups in total. The molecule has 3 heterocycles. The van der Waals surface area contributed by atoms with Crippen LogP contribution in [0.1, 0.15) is 13.3 Å². The second kappa shape index (κ2) is 7.56. The first-order chi connectivity index (χ1) is 15.5. The highest BCUT2D eigenvalue weighted by atomic mass is 16.5. The van der Waals surface area contributed by atoms with Crippen LogP contribution in [0.15, 0.2) is 70.4 Å². The summed E-state index contributed by atoms with van der Waals surface area (Å²) in [5, 5.41) is 0. The van der Waals surface area contributed by atoms with Crippen LogP contribution in [0.3, 0.4) is 0 Å². The van der Waals surface area contributed by atoms with Crippen molar-refractivity contribution in [1.82, 2.24) is 23.1 Å². The molecule has 0 aliphatic heterocycles. The van der Waals surface area contributed by atoms with Crippen LogP contribution in [-0.2, 0) is 13.6 Å². The van der Waals surface area contributed by atoms with Gasteiger partial charge in [0.2, 0.25) is 5.78 Å². The number of ether oxygens (including phenoxy) is 1. The van der Waals surface area contributed by atoms with Crippen molar-refractivity contribution in [3.63, 3.8) is 0 Å². The van der Waals surface area contributed by atoms with Crippen LogP contribution < -0.4 is 16.0 Å². The molecular formula is C24H23N5O3. The first kappa shape index (κ1) is 19.9. The number of imidazole rings is 2. The minimum Gasteiger partial charge on any atom is -0.497 e. The number of aryl methyl sites for hydroxylation is 1. The molecule has 32 heavy (non-hydrogen) atoms. The molecule has 5 aromatic rings. The number of hydrogen-bond acceptors (Lipinski definition) is 4. The van der Waals surface area contributed by atoms with Crippen LogP contribution in [0.5, 0.6) is 5.75 Å². The smallest absolute Gasteiger partial charge is 0.332 e. The fraction of sp³-hybridized carbons (Fsp3) is 0.208. The number of methoxy groups -OCH3 is 1. The maximum absolute atomic E-state index is 13.3. The monoisotopic (exact) mass is 429 g/mol. The Balaban J connectivity index is 1.94. The van der Waals surface area contributed by atoms with Gasteiger partial charge in [0.05, 0.1) is 18.5 Å². The molecule has 3 aromatic heterocycles. The zero-order chi connectivity index (χ0) is 22.4. The van der Waals surface area contributed by atoms with Gasteiger partial charge >= 0.3 is 5.69 Å². The van der Waals surface area contributed by atoms with Crippen molar-refractivity contribution in [2.75, 3.05) is 7.11 Å². The molecule has 0 bridgehead atoms. The molecule has 0 atom stereocenters. The molecule has 0 amide bonds. The maximum Gasteiger partial charge on any atom is 0.332 e. The zero-order valence-corrected chi connectivity index (χ0v) is 18.1. The molecule has 5 rings (SSSR count). The van der Waals surface area contributed by atoms with Crippen molar-refractivity contribution in [2.45, 2.75) is 19.9 Å². The molecular weight excluding hydrogens is 406 g/mol. The second-order valence-corrected chi connectivity index (χ2v) is 7.67. The Morgan fingerprint density at radius 2 is 1.81 bits per heavy atom. The van der Waals surface area contributed by atoms with Gasteiger partial charge in [-0.1, -0.05) is 43.3 Å². The number of nitrogens with zero attached hydrogens (tertiary/aromatic N) is 5. The third kappa shape index (κ3) is 2.87. The van der Waals surface area contributed by atoms with E-state index >= 15 is 0 Å². The van der Waals surface area contributed by atoms with E-state index in [4.69, 9.17) is 9.72 Å². The Kier molecular flexibility index (Phi) is 4.70. The van der Waals surface area contributed by atoms with Crippen LogP contribution in [-0.4, -0.2) is 30.2 Å². The summed E-state index contributed by atoms with van der Waals surface area (Å²) in [6, 6.07) is 17.6. The second-order valence-electron chi connectivity index (χ2n) is 7.67. The molecule has 0 radical (unpaired) electrons. The average molecular weight is 429 g/mol. The fourth-order valence-electron chi connectivity index (χ4n) is 4.13. The van der Waals surface area contributed by atoms with Gasteiger partial charge in [-0.25, -0.2) is 4.79 Å². The average Bonchev–Trinajstić information content (AvgIpc) is 3.37. The van der Waals surface area contributed by atoms with Crippen LogP contribution in [0, 0.1) is 0 Å². The lowest BCUT2D eigenvalue weighted by molar-refractivity contribution is 0.414. The molecule has 0 saturated carbocycles. The SMILES string of the molecule is CCCn1c(=O)c2c(nc3n(-c4cccc(OC)c4)c(-c4ccccc4)cn23)n(C)c1=O. The quantitative estimate of drug-likeness (QED) is 0.430. The molecule has 0 unspecified atom stereocenters. The Morgan fingerprint density at radius 3 is 2.53 bits per heavy atom. The topological polar surface area (TPSA) is 75.5 Å². The molecule has 2 aromatic carbocycles. The first-order valence-corrected chi connectivity index (χ1v) is 10.5. The van der Waals surface area contributed by atoms with E-state index in [1.54, 1.807) is 18.6 Å².